The molecule has 124 valence electrons. The summed E-state index contributed by atoms with van der Waals surface area (Å²) in [6.07, 6.45) is 6.42. The topological polar surface area (TPSA) is 75.5 Å². The number of nitrogens with zero attached hydrogens (tertiary/aromatic N) is 2. The molecule has 1 heterocycles. The Bertz CT molecular complexity index is 590. The van der Waals surface area contributed by atoms with Crippen molar-refractivity contribution in [1.82, 2.24) is 4.90 Å². The first-order valence-corrected chi connectivity index (χ1v) is 8.39. The van der Waals surface area contributed by atoms with Gasteiger partial charge in [-0.05, 0) is 37.3 Å². The molecule has 6 heteroatoms. The van der Waals surface area contributed by atoms with E-state index in [1.807, 2.05) is 0 Å². The molecule has 0 radical (unpaired) electrons. The molecule has 3 rings (SSSR count). The van der Waals surface area contributed by atoms with Gasteiger partial charge in [-0.15, -0.1) is 0 Å². The van der Waals surface area contributed by atoms with E-state index >= 15 is 0 Å². The molecule has 1 N–H and O–H groups in total. The van der Waals surface area contributed by atoms with Gasteiger partial charge in [0.15, 0.2) is 0 Å². The number of carbonyl (C=O) groups excluding carboxylic acids is 1. The van der Waals surface area contributed by atoms with Crippen molar-refractivity contribution in [1.29, 1.82) is 0 Å². The number of rotatable bonds is 4. The fraction of sp³-hybridized carbons (Fsp3) is 0.588. The van der Waals surface area contributed by atoms with Crippen LogP contribution in [0.2, 0.25) is 0 Å². The van der Waals surface area contributed by atoms with Gasteiger partial charge in [0.2, 0.25) is 5.91 Å². The molecule has 0 aromatic heterocycles. The average Bonchev–Trinajstić information content (AvgIpc) is 2.55. The number of nitrogens with one attached hydrogen (secondary N) is 1. The standard InChI is InChI=1S/C17H23N3O3/c21-17(18-15-7-3-4-8-16(15)20(22)23)12-19-10-9-13-5-1-2-6-14(13)11-19/h3-4,7-8,13-14H,1-2,5-6,9-12H2,(H,18,21). The molecule has 1 saturated carbocycles. The number of anilines is 1. The smallest absolute Gasteiger partial charge is 0.292 e. The summed E-state index contributed by atoms with van der Waals surface area (Å²) in [6, 6.07) is 6.27. The molecule has 23 heavy (non-hydrogen) atoms. The third-order valence-corrected chi connectivity index (χ3v) is 5.12. The van der Waals surface area contributed by atoms with E-state index in [2.05, 4.69) is 10.2 Å². The van der Waals surface area contributed by atoms with Crippen molar-refractivity contribution in [2.45, 2.75) is 32.1 Å². The number of fused-ring (bicyclic) bond motifs is 1. The summed E-state index contributed by atoms with van der Waals surface area (Å²) >= 11 is 0. The average molecular weight is 317 g/mol. The van der Waals surface area contributed by atoms with Gasteiger partial charge < -0.3 is 5.32 Å². The SMILES string of the molecule is O=C(CN1CCC2CCCCC2C1)Nc1ccccc1[N+](=O)[O-]. The van der Waals surface area contributed by atoms with Crippen LogP contribution in [0.15, 0.2) is 24.3 Å². The quantitative estimate of drug-likeness (QED) is 0.684. The number of benzene rings is 1. The summed E-state index contributed by atoms with van der Waals surface area (Å²) in [5.41, 5.74) is 0.210. The van der Waals surface area contributed by atoms with E-state index in [0.717, 1.165) is 24.9 Å². The van der Waals surface area contributed by atoms with Gasteiger partial charge in [-0.25, -0.2) is 0 Å². The minimum atomic E-state index is -0.469. The lowest BCUT2D eigenvalue weighted by atomic mass is 9.75. The minimum Gasteiger partial charge on any atom is -0.319 e. The summed E-state index contributed by atoms with van der Waals surface area (Å²) in [5.74, 6) is 1.38. The highest BCUT2D eigenvalue weighted by Gasteiger charge is 2.31. The van der Waals surface area contributed by atoms with Gasteiger partial charge in [-0.1, -0.05) is 31.4 Å². The lowest BCUT2D eigenvalue weighted by Crippen LogP contribution is -2.44. The summed E-state index contributed by atoms with van der Waals surface area (Å²) in [4.78, 5) is 25.0. The predicted molar refractivity (Wildman–Crippen MR) is 88.2 cm³/mol. The van der Waals surface area contributed by atoms with Crippen LogP contribution in [0.1, 0.15) is 32.1 Å². The molecule has 0 spiro atoms. The minimum absolute atomic E-state index is 0.0631. The highest BCUT2D eigenvalue weighted by molar-refractivity contribution is 5.94. The zero-order valence-corrected chi connectivity index (χ0v) is 13.2. The van der Waals surface area contributed by atoms with Crippen molar-refractivity contribution < 1.29 is 9.72 Å². The maximum absolute atomic E-state index is 12.2. The second kappa shape index (κ2) is 7.08. The maximum Gasteiger partial charge on any atom is 0.292 e. The van der Waals surface area contributed by atoms with Gasteiger partial charge in [0, 0.05) is 12.6 Å². The summed E-state index contributed by atoms with van der Waals surface area (Å²) in [6.45, 7) is 2.25. The van der Waals surface area contributed by atoms with E-state index in [9.17, 15) is 14.9 Å². The molecule has 1 aliphatic heterocycles. The molecule has 2 unspecified atom stereocenters. The van der Waals surface area contributed by atoms with Gasteiger partial charge >= 0.3 is 0 Å². The first kappa shape index (κ1) is 15.9. The number of hydrogen-bond donors (Lipinski definition) is 1. The van der Waals surface area contributed by atoms with Gasteiger partial charge in [-0.3, -0.25) is 19.8 Å². The summed E-state index contributed by atoms with van der Waals surface area (Å²) in [7, 11) is 0. The fourth-order valence-electron chi connectivity index (χ4n) is 3.95. The van der Waals surface area contributed by atoms with Crippen LogP contribution in [-0.4, -0.2) is 35.4 Å². The van der Waals surface area contributed by atoms with Gasteiger partial charge in [0.05, 0.1) is 11.5 Å². The first-order valence-electron chi connectivity index (χ1n) is 8.39. The number of carbonyl (C=O) groups is 1. The first-order chi connectivity index (χ1) is 11.1. The second-order valence-corrected chi connectivity index (χ2v) is 6.65. The number of nitro benzene ring substituents is 1. The van der Waals surface area contributed by atoms with Crippen molar-refractivity contribution in [2.75, 3.05) is 25.0 Å². The Labute approximate surface area is 136 Å². The van der Waals surface area contributed by atoms with Crippen LogP contribution in [0.4, 0.5) is 11.4 Å². The van der Waals surface area contributed by atoms with E-state index in [-0.39, 0.29) is 17.3 Å². The second-order valence-electron chi connectivity index (χ2n) is 6.65. The predicted octanol–water partition coefficient (Wildman–Crippen LogP) is 3.05. The van der Waals surface area contributed by atoms with Crippen LogP contribution in [0, 0.1) is 22.0 Å². The Morgan fingerprint density at radius 1 is 1.22 bits per heavy atom. The Morgan fingerprint density at radius 3 is 2.74 bits per heavy atom. The zero-order valence-electron chi connectivity index (χ0n) is 13.2. The van der Waals surface area contributed by atoms with Gasteiger partial charge in [0.1, 0.15) is 5.69 Å². The Kier molecular flexibility index (Phi) is 4.91. The Morgan fingerprint density at radius 2 is 1.96 bits per heavy atom. The third kappa shape index (κ3) is 3.88. The van der Waals surface area contributed by atoms with Crippen LogP contribution in [-0.2, 0) is 4.79 Å². The molecule has 1 aromatic carbocycles. The zero-order chi connectivity index (χ0) is 16.2. The fourth-order valence-corrected chi connectivity index (χ4v) is 3.95. The molecule has 2 aliphatic rings. The molecular weight excluding hydrogens is 294 g/mol. The highest BCUT2D eigenvalue weighted by atomic mass is 16.6. The van der Waals surface area contributed by atoms with E-state index < -0.39 is 4.92 Å². The lowest BCUT2D eigenvalue weighted by molar-refractivity contribution is -0.383. The number of hydrogen-bond acceptors (Lipinski definition) is 4. The number of nitro groups is 1. The molecule has 6 nitrogen and oxygen atoms in total. The van der Waals surface area contributed by atoms with E-state index in [4.69, 9.17) is 0 Å². The van der Waals surface area contributed by atoms with Crippen molar-refractivity contribution in [3.8, 4) is 0 Å². The van der Waals surface area contributed by atoms with Crippen LogP contribution in [0.3, 0.4) is 0 Å². The van der Waals surface area contributed by atoms with Crippen LogP contribution in [0.5, 0.6) is 0 Å². The van der Waals surface area contributed by atoms with Gasteiger partial charge in [-0.2, -0.15) is 0 Å². The van der Waals surface area contributed by atoms with Crippen molar-refractivity contribution in [3.63, 3.8) is 0 Å². The van der Waals surface area contributed by atoms with Crippen LogP contribution < -0.4 is 5.32 Å². The largest absolute Gasteiger partial charge is 0.319 e. The van der Waals surface area contributed by atoms with Crippen LogP contribution >= 0.6 is 0 Å². The Hall–Kier alpha value is -1.95. The summed E-state index contributed by atoms with van der Waals surface area (Å²) in [5, 5.41) is 13.7. The molecule has 2 atom stereocenters. The molecule has 1 amide bonds. The number of likely N-dealkylation sites (tertiary alicyclic amines) is 1. The number of para-hydroxylation sites is 2. The van der Waals surface area contributed by atoms with E-state index in [1.165, 1.54) is 38.2 Å². The number of piperidine rings is 1. The molecule has 0 bridgehead atoms. The van der Waals surface area contributed by atoms with E-state index in [0.29, 0.717) is 6.54 Å². The normalized spacial score (nSPS) is 24.7. The monoisotopic (exact) mass is 317 g/mol. The van der Waals surface area contributed by atoms with Crippen molar-refractivity contribution >= 4 is 17.3 Å². The molecular formula is C17H23N3O3. The lowest BCUT2D eigenvalue weighted by Gasteiger charge is -2.41. The molecule has 1 aliphatic carbocycles. The van der Waals surface area contributed by atoms with Gasteiger partial charge in [0.25, 0.3) is 5.69 Å². The number of amides is 1. The van der Waals surface area contributed by atoms with Crippen LogP contribution in [0.25, 0.3) is 0 Å². The molecule has 1 saturated heterocycles. The highest BCUT2D eigenvalue weighted by Crippen LogP contribution is 2.35. The Balaban J connectivity index is 1.57. The molecule has 2 fully saturated rings. The van der Waals surface area contributed by atoms with Crippen molar-refractivity contribution in [2.24, 2.45) is 11.8 Å². The molecule has 1 aromatic rings. The van der Waals surface area contributed by atoms with E-state index in [1.54, 1.807) is 18.2 Å². The summed E-state index contributed by atoms with van der Waals surface area (Å²) < 4.78 is 0. The van der Waals surface area contributed by atoms with Crippen molar-refractivity contribution in [3.05, 3.63) is 34.4 Å². The maximum atomic E-state index is 12.2. The third-order valence-electron chi connectivity index (χ3n) is 5.12.